The van der Waals surface area contributed by atoms with Crippen molar-refractivity contribution in [3.05, 3.63) is 24.4 Å². The summed E-state index contributed by atoms with van der Waals surface area (Å²) in [6, 6.07) is 0.334. The third-order valence-corrected chi connectivity index (χ3v) is 4.63. The summed E-state index contributed by atoms with van der Waals surface area (Å²) in [4.78, 5) is 18.9. The zero-order valence-electron chi connectivity index (χ0n) is 12.6. The number of ether oxygens (including phenoxy) is 1. The number of allylic oxidation sites excluding steroid dienone is 1. The van der Waals surface area contributed by atoms with Gasteiger partial charge in [-0.3, -0.25) is 0 Å². The Hall–Kier alpha value is -2.15. The van der Waals surface area contributed by atoms with Gasteiger partial charge in [-0.25, -0.2) is 15.0 Å². The van der Waals surface area contributed by atoms with Gasteiger partial charge in [0.2, 0.25) is 5.96 Å². The van der Waals surface area contributed by atoms with Crippen LogP contribution in [0.25, 0.3) is 5.57 Å². The van der Waals surface area contributed by atoms with Crippen LogP contribution in [-0.4, -0.2) is 52.0 Å². The van der Waals surface area contributed by atoms with Gasteiger partial charge in [0.25, 0.3) is 0 Å². The van der Waals surface area contributed by atoms with Crippen molar-refractivity contribution in [2.45, 2.75) is 32.0 Å². The molecule has 1 fully saturated rings. The lowest BCUT2D eigenvalue weighted by molar-refractivity contribution is 0.132. The second kappa shape index (κ2) is 5.24. The highest BCUT2D eigenvalue weighted by molar-refractivity contribution is 5.99. The average Bonchev–Trinajstić information content (AvgIpc) is 3.20. The summed E-state index contributed by atoms with van der Waals surface area (Å²) < 4.78 is 5.57. The molecule has 4 heterocycles. The normalized spacial score (nSPS) is 31.4. The molecular weight excluding hydrogens is 280 g/mol. The van der Waals surface area contributed by atoms with Crippen molar-refractivity contribution in [1.82, 2.24) is 14.9 Å². The van der Waals surface area contributed by atoms with Crippen LogP contribution in [0.15, 0.2) is 28.6 Å². The standard InChI is InChI=1S/C15H20N6O/c1-9-12-6-10(13-17-3-4-18-13)7-21(11-2-5-22-8-11)14(12)20-15(16)19-9/h3-4,7,11-12,14H,2,5-6,8H2,1H3,(H2,16,20)(H,17,18)/t11-,12?,14?/m0/s1. The Morgan fingerprint density at radius 2 is 2.36 bits per heavy atom. The molecule has 4 rings (SSSR count). The van der Waals surface area contributed by atoms with Crippen molar-refractivity contribution in [3.8, 4) is 0 Å². The third-order valence-electron chi connectivity index (χ3n) is 4.63. The summed E-state index contributed by atoms with van der Waals surface area (Å²) in [5.41, 5.74) is 8.11. The number of guanidine groups is 1. The lowest BCUT2D eigenvalue weighted by Crippen LogP contribution is -2.50. The largest absolute Gasteiger partial charge is 0.379 e. The second-order valence-electron chi connectivity index (χ2n) is 6.02. The van der Waals surface area contributed by atoms with Gasteiger partial charge >= 0.3 is 0 Å². The summed E-state index contributed by atoms with van der Waals surface area (Å²) in [6.45, 7) is 3.57. The number of nitrogens with two attached hydrogens (primary N) is 1. The first-order chi connectivity index (χ1) is 10.7. The number of H-pyrrole nitrogens is 1. The molecule has 0 bridgehead atoms. The first kappa shape index (κ1) is 13.5. The Morgan fingerprint density at radius 3 is 3.09 bits per heavy atom. The van der Waals surface area contributed by atoms with E-state index in [4.69, 9.17) is 10.5 Å². The van der Waals surface area contributed by atoms with Gasteiger partial charge in [-0.2, -0.15) is 0 Å². The molecule has 3 aliphatic rings. The molecule has 0 radical (unpaired) electrons. The molecule has 0 aliphatic carbocycles. The lowest BCUT2D eigenvalue weighted by Gasteiger charge is -2.42. The number of nitrogens with zero attached hydrogens (tertiary/aromatic N) is 4. The minimum atomic E-state index is 0.0166. The van der Waals surface area contributed by atoms with E-state index in [0.717, 1.165) is 37.6 Å². The van der Waals surface area contributed by atoms with Crippen molar-refractivity contribution in [2.24, 2.45) is 21.6 Å². The number of fused-ring (bicyclic) bond motifs is 1. The van der Waals surface area contributed by atoms with Crippen molar-refractivity contribution in [2.75, 3.05) is 13.2 Å². The summed E-state index contributed by atoms with van der Waals surface area (Å²) in [5.74, 6) is 1.52. The highest BCUT2D eigenvalue weighted by Crippen LogP contribution is 2.36. The SMILES string of the molecule is CC1=NC(N)=NC2C1CC(c1ncc[nH]1)=CN2[C@H]1CCOC1. The van der Waals surface area contributed by atoms with Crippen LogP contribution in [0.1, 0.15) is 25.6 Å². The third kappa shape index (κ3) is 2.21. The molecule has 3 N–H and O–H groups in total. The smallest absolute Gasteiger partial charge is 0.217 e. The molecule has 3 aliphatic heterocycles. The number of nitrogens with one attached hydrogen (secondary N) is 1. The van der Waals surface area contributed by atoms with Crippen molar-refractivity contribution >= 4 is 17.2 Å². The molecule has 0 saturated carbocycles. The van der Waals surface area contributed by atoms with Crippen LogP contribution in [0.3, 0.4) is 0 Å². The van der Waals surface area contributed by atoms with E-state index in [-0.39, 0.29) is 12.1 Å². The lowest BCUT2D eigenvalue weighted by atomic mass is 9.87. The first-order valence-corrected chi connectivity index (χ1v) is 7.66. The van der Waals surface area contributed by atoms with Crippen LogP contribution < -0.4 is 5.73 Å². The van der Waals surface area contributed by atoms with Gasteiger partial charge in [0.05, 0.1) is 12.6 Å². The van der Waals surface area contributed by atoms with Crippen LogP contribution in [0.5, 0.6) is 0 Å². The Kier molecular flexibility index (Phi) is 3.22. The molecule has 1 aromatic rings. The van der Waals surface area contributed by atoms with E-state index in [1.54, 1.807) is 6.20 Å². The van der Waals surface area contributed by atoms with Crippen LogP contribution in [0.4, 0.5) is 0 Å². The predicted molar refractivity (Wildman–Crippen MR) is 84.3 cm³/mol. The predicted octanol–water partition coefficient (Wildman–Crippen LogP) is 0.977. The van der Waals surface area contributed by atoms with Crippen molar-refractivity contribution in [1.29, 1.82) is 0 Å². The highest BCUT2D eigenvalue weighted by Gasteiger charge is 2.39. The summed E-state index contributed by atoms with van der Waals surface area (Å²) in [5, 5.41) is 0. The Bertz CT molecular complexity index is 641. The van der Waals surface area contributed by atoms with E-state index in [2.05, 4.69) is 31.1 Å². The van der Waals surface area contributed by atoms with E-state index in [1.807, 2.05) is 13.1 Å². The summed E-state index contributed by atoms with van der Waals surface area (Å²) >= 11 is 0. The minimum Gasteiger partial charge on any atom is -0.379 e. The number of aromatic nitrogens is 2. The fourth-order valence-electron chi connectivity index (χ4n) is 3.48. The summed E-state index contributed by atoms with van der Waals surface area (Å²) in [7, 11) is 0. The van der Waals surface area contributed by atoms with Crippen LogP contribution in [0.2, 0.25) is 0 Å². The topological polar surface area (TPSA) is 91.9 Å². The molecule has 1 saturated heterocycles. The maximum absolute atomic E-state index is 5.89. The molecule has 3 atom stereocenters. The van der Waals surface area contributed by atoms with Crippen LogP contribution in [0, 0.1) is 5.92 Å². The van der Waals surface area contributed by atoms with Crippen LogP contribution >= 0.6 is 0 Å². The Morgan fingerprint density at radius 1 is 1.45 bits per heavy atom. The number of aliphatic imine (C=N–C) groups is 2. The average molecular weight is 300 g/mol. The van der Waals surface area contributed by atoms with E-state index >= 15 is 0 Å². The van der Waals surface area contributed by atoms with Gasteiger partial charge in [0.15, 0.2) is 0 Å². The van der Waals surface area contributed by atoms with E-state index in [0.29, 0.717) is 12.0 Å². The first-order valence-electron chi connectivity index (χ1n) is 7.66. The molecule has 7 nitrogen and oxygen atoms in total. The number of hydrogen-bond acceptors (Lipinski definition) is 6. The maximum atomic E-state index is 5.89. The van der Waals surface area contributed by atoms with Gasteiger partial charge < -0.3 is 20.4 Å². The van der Waals surface area contributed by atoms with Gasteiger partial charge in [-0.1, -0.05) is 0 Å². The molecule has 7 heteroatoms. The van der Waals surface area contributed by atoms with Crippen molar-refractivity contribution in [3.63, 3.8) is 0 Å². The second-order valence-corrected chi connectivity index (χ2v) is 6.02. The molecule has 116 valence electrons. The minimum absolute atomic E-state index is 0.0166. The van der Waals surface area contributed by atoms with Gasteiger partial charge in [-0.15, -0.1) is 0 Å². The molecule has 0 aromatic carbocycles. The number of rotatable bonds is 2. The molecule has 1 aromatic heterocycles. The fraction of sp³-hybridized carbons (Fsp3) is 0.533. The van der Waals surface area contributed by atoms with Gasteiger partial charge in [0.1, 0.15) is 12.0 Å². The molecule has 2 unspecified atom stereocenters. The maximum Gasteiger partial charge on any atom is 0.217 e. The number of hydrogen-bond donors (Lipinski definition) is 2. The Labute approximate surface area is 129 Å². The van der Waals surface area contributed by atoms with E-state index in [9.17, 15) is 0 Å². The zero-order valence-corrected chi connectivity index (χ0v) is 12.6. The van der Waals surface area contributed by atoms with E-state index < -0.39 is 0 Å². The Balaban J connectivity index is 1.74. The quantitative estimate of drug-likeness (QED) is 0.851. The highest BCUT2D eigenvalue weighted by atomic mass is 16.5. The molecule has 0 spiro atoms. The number of imidazole rings is 1. The molecular formula is C15H20N6O. The fourth-order valence-corrected chi connectivity index (χ4v) is 3.48. The van der Waals surface area contributed by atoms with Gasteiger partial charge in [-0.05, 0) is 19.8 Å². The monoisotopic (exact) mass is 300 g/mol. The molecule has 0 amide bonds. The van der Waals surface area contributed by atoms with E-state index in [1.165, 1.54) is 5.57 Å². The van der Waals surface area contributed by atoms with Crippen LogP contribution in [-0.2, 0) is 4.74 Å². The van der Waals surface area contributed by atoms with Gasteiger partial charge in [0, 0.05) is 42.4 Å². The van der Waals surface area contributed by atoms with Crippen molar-refractivity contribution < 1.29 is 4.74 Å². The molecule has 22 heavy (non-hydrogen) atoms. The zero-order chi connectivity index (χ0) is 15.1. The summed E-state index contributed by atoms with van der Waals surface area (Å²) in [6.07, 6.45) is 7.70. The number of aromatic amines is 1.